The van der Waals surface area contributed by atoms with Gasteiger partial charge in [0.1, 0.15) is 22.3 Å². The number of nitrogens with zero attached hydrogens (tertiary/aromatic N) is 1. The summed E-state index contributed by atoms with van der Waals surface area (Å²) in [5.41, 5.74) is 8.69. The van der Waals surface area contributed by atoms with Crippen molar-refractivity contribution >= 4 is 65.7 Å². The monoisotopic (exact) mass is 583 g/mol. The highest BCUT2D eigenvalue weighted by Crippen LogP contribution is 2.34. The van der Waals surface area contributed by atoms with Crippen LogP contribution >= 0.6 is 0 Å². The summed E-state index contributed by atoms with van der Waals surface area (Å²) >= 11 is 0. The molecular formula is C40H25NO4. The molecule has 5 nitrogen and oxygen atoms in total. The van der Waals surface area contributed by atoms with Gasteiger partial charge in [0.2, 0.25) is 10.9 Å². The fourth-order valence-corrected chi connectivity index (χ4v) is 6.96. The molecule has 0 atom stereocenters. The molecular weight excluding hydrogens is 558 g/mol. The smallest absolute Gasteiger partial charge is 0.200 e. The molecule has 0 spiro atoms. The van der Waals surface area contributed by atoms with Crippen LogP contribution in [0.3, 0.4) is 0 Å². The minimum absolute atomic E-state index is 0.178. The number of benzene rings is 6. The van der Waals surface area contributed by atoms with E-state index in [9.17, 15) is 9.59 Å². The highest BCUT2D eigenvalue weighted by atomic mass is 16.3. The van der Waals surface area contributed by atoms with Gasteiger partial charge in [0.05, 0.1) is 32.6 Å². The second-order valence-electron chi connectivity index (χ2n) is 11.7. The van der Waals surface area contributed by atoms with Gasteiger partial charge in [-0.3, -0.25) is 9.59 Å². The summed E-state index contributed by atoms with van der Waals surface area (Å²) < 4.78 is 14.8. The maximum absolute atomic E-state index is 13.9. The Kier molecular flexibility index (Phi) is 5.27. The van der Waals surface area contributed by atoms with Crippen LogP contribution in [0.4, 0.5) is 0 Å². The fraction of sp³-hybridized carbons (Fsp3) is 0.0500. The third-order valence-electron chi connectivity index (χ3n) is 9.05. The molecule has 5 heteroatoms. The van der Waals surface area contributed by atoms with Crippen LogP contribution in [-0.2, 0) is 0 Å². The van der Waals surface area contributed by atoms with E-state index in [1.165, 1.54) is 0 Å². The summed E-state index contributed by atoms with van der Waals surface area (Å²) in [7, 11) is 0. The Morgan fingerprint density at radius 2 is 1.04 bits per heavy atom. The Morgan fingerprint density at radius 3 is 1.73 bits per heavy atom. The predicted molar refractivity (Wildman–Crippen MR) is 183 cm³/mol. The molecule has 0 radical (unpaired) electrons. The molecule has 0 saturated heterocycles. The zero-order valence-corrected chi connectivity index (χ0v) is 24.5. The minimum Gasteiger partial charge on any atom is -0.456 e. The first kappa shape index (κ1) is 25.5. The van der Waals surface area contributed by atoms with Crippen molar-refractivity contribution in [3.63, 3.8) is 0 Å². The third kappa shape index (κ3) is 3.67. The van der Waals surface area contributed by atoms with Crippen LogP contribution in [0.2, 0.25) is 0 Å². The van der Waals surface area contributed by atoms with Crippen LogP contribution < -0.4 is 10.9 Å². The van der Waals surface area contributed by atoms with Crippen molar-refractivity contribution in [1.29, 1.82) is 0 Å². The van der Waals surface area contributed by atoms with Crippen molar-refractivity contribution in [3.05, 3.63) is 147 Å². The van der Waals surface area contributed by atoms with Gasteiger partial charge < -0.3 is 13.4 Å². The molecule has 0 bridgehead atoms. The van der Waals surface area contributed by atoms with Crippen LogP contribution in [-0.4, -0.2) is 4.57 Å². The predicted octanol–water partition coefficient (Wildman–Crippen LogP) is 9.59. The van der Waals surface area contributed by atoms with Crippen molar-refractivity contribution in [1.82, 2.24) is 4.57 Å². The van der Waals surface area contributed by atoms with Gasteiger partial charge in [-0.2, -0.15) is 0 Å². The van der Waals surface area contributed by atoms with E-state index < -0.39 is 0 Å². The zero-order chi connectivity index (χ0) is 30.4. The standard InChI is InChI=1S/C40H25NO4/c1-22-8-7-9-23(2)38(22)24-14-17-34-29(18-24)40(43)31-20-30-37(21-36(31)44-34)45-35-19-25(15-16-28(35)39(30)42)41-32-12-5-3-10-26(32)27-11-4-6-13-33(27)41/h3-21H,1-2H3. The lowest BCUT2D eigenvalue weighted by molar-refractivity contribution is 0.646. The SMILES string of the molecule is Cc1cccc(C)c1-c1ccc2oc3cc4oc5cc(-n6c7ccccc7c7ccccc76)ccc5c(=O)c4cc3c(=O)c2c1. The number of aromatic nitrogens is 1. The van der Waals surface area contributed by atoms with Gasteiger partial charge in [0.25, 0.3) is 0 Å². The second kappa shape index (κ2) is 9.28. The van der Waals surface area contributed by atoms with Crippen LogP contribution in [0.5, 0.6) is 0 Å². The number of hydrogen-bond donors (Lipinski definition) is 0. The van der Waals surface area contributed by atoms with Gasteiger partial charge in [0.15, 0.2) is 0 Å². The van der Waals surface area contributed by atoms with E-state index in [2.05, 4.69) is 54.8 Å². The van der Waals surface area contributed by atoms with E-state index in [4.69, 9.17) is 8.83 Å². The van der Waals surface area contributed by atoms with Crippen molar-refractivity contribution < 1.29 is 8.83 Å². The Bertz CT molecular complexity index is 2760. The molecule has 214 valence electrons. The Hall–Kier alpha value is -5.94. The molecule has 9 aromatic rings. The first-order valence-corrected chi connectivity index (χ1v) is 14.9. The van der Waals surface area contributed by atoms with E-state index in [1.54, 1.807) is 12.1 Å². The summed E-state index contributed by atoms with van der Waals surface area (Å²) in [6.07, 6.45) is 0. The number of aryl methyl sites for hydroxylation is 2. The zero-order valence-electron chi connectivity index (χ0n) is 24.5. The summed E-state index contributed by atoms with van der Waals surface area (Å²) in [4.78, 5) is 27.7. The molecule has 0 aliphatic carbocycles. The molecule has 0 N–H and O–H groups in total. The first-order valence-electron chi connectivity index (χ1n) is 14.9. The molecule has 3 aromatic heterocycles. The van der Waals surface area contributed by atoms with Crippen molar-refractivity contribution in [3.8, 4) is 16.8 Å². The Labute approximate surface area is 256 Å². The van der Waals surface area contributed by atoms with Crippen LogP contribution in [0.15, 0.2) is 134 Å². The van der Waals surface area contributed by atoms with E-state index in [-0.39, 0.29) is 10.9 Å². The second-order valence-corrected chi connectivity index (χ2v) is 11.7. The topological polar surface area (TPSA) is 65.3 Å². The molecule has 0 aliphatic heterocycles. The molecule has 0 amide bonds. The van der Waals surface area contributed by atoms with Gasteiger partial charge in [-0.1, -0.05) is 60.7 Å². The minimum atomic E-state index is -0.189. The third-order valence-corrected chi connectivity index (χ3v) is 9.05. The highest BCUT2D eigenvalue weighted by molar-refractivity contribution is 6.09. The van der Waals surface area contributed by atoms with Gasteiger partial charge in [0, 0.05) is 28.6 Å². The van der Waals surface area contributed by atoms with E-state index in [0.717, 1.165) is 49.7 Å². The summed E-state index contributed by atoms with van der Waals surface area (Å²) in [6, 6.07) is 37.4. The number of hydrogen-bond acceptors (Lipinski definition) is 4. The highest BCUT2D eigenvalue weighted by Gasteiger charge is 2.17. The number of para-hydroxylation sites is 2. The molecule has 0 saturated carbocycles. The molecule has 3 heterocycles. The maximum atomic E-state index is 13.9. The van der Waals surface area contributed by atoms with Crippen molar-refractivity contribution in [2.24, 2.45) is 0 Å². The van der Waals surface area contributed by atoms with Gasteiger partial charge in [-0.25, -0.2) is 0 Å². The van der Waals surface area contributed by atoms with Crippen LogP contribution in [0.1, 0.15) is 11.1 Å². The largest absolute Gasteiger partial charge is 0.456 e. The quantitative estimate of drug-likeness (QED) is 0.190. The lowest BCUT2D eigenvalue weighted by Gasteiger charge is -2.11. The van der Waals surface area contributed by atoms with Gasteiger partial charge in [-0.15, -0.1) is 0 Å². The van der Waals surface area contributed by atoms with Gasteiger partial charge in [-0.05, 0) is 78.6 Å². The fourth-order valence-electron chi connectivity index (χ4n) is 6.96. The first-order chi connectivity index (χ1) is 22.0. The van der Waals surface area contributed by atoms with E-state index in [0.29, 0.717) is 43.9 Å². The molecule has 6 aromatic carbocycles. The molecule has 0 aliphatic rings. The van der Waals surface area contributed by atoms with Gasteiger partial charge >= 0.3 is 0 Å². The summed E-state index contributed by atoms with van der Waals surface area (Å²) in [5.74, 6) is 0. The lowest BCUT2D eigenvalue weighted by atomic mass is 9.94. The number of fused-ring (bicyclic) bond motifs is 7. The van der Waals surface area contributed by atoms with Crippen LogP contribution in [0.25, 0.3) is 82.5 Å². The molecule has 0 fully saturated rings. The number of rotatable bonds is 2. The average molecular weight is 584 g/mol. The normalized spacial score (nSPS) is 12.0. The summed E-state index contributed by atoms with van der Waals surface area (Å²) in [6.45, 7) is 4.13. The van der Waals surface area contributed by atoms with Crippen LogP contribution in [0, 0.1) is 13.8 Å². The molecule has 45 heavy (non-hydrogen) atoms. The van der Waals surface area contributed by atoms with E-state index >= 15 is 0 Å². The molecule has 0 unspecified atom stereocenters. The Balaban J connectivity index is 1.26. The summed E-state index contributed by atoms with van der Waals surface area (Å²) in [5, 5.41) is 3.93. The van der Waals surface area contributed by atoms with Crippen molar-refractivity contribution in [2.45, 2.75) is 13.8 Å². The van der Waals surface area contributed by atoms with Crippen molar-refractivity contribution in [2.75, 3.05) is 0 Å². The van der Waals surface area contributed by atoms with E-state index in [1.807, 2.05) is 66.7 Å². The average Bonchev–Trinajstić information content (AvgIpc) is 3.39. The maximum Gasteiger partial charge on any atom is 0.200 e. The lowest BCUT2D eigenvalue weighted by Crippen LogP contribution is -2.06. The Morgan fingerprint density at radius 1 is 0.467 bits per heavy atom. The molecule has 9 rings (SSSR count).